The molecule has 18 heavy (non-hydrogen) atoms. The Kier molecular flexibility index (Phi) is 5.76. The van der Waals surface area contributed by atoms with Gasteiger partial charge in [0.15, 0.2) is 0 Å². The minimum atomic E-state index is -0.723. The van der Waals surface area contributed by atoms with Crippen LogP contribution in [0.15, 0.2) is 22.7 Å². The molecule has 0 heterocycles. The SMILES string of the molecule is CC(C)CC(C)(O)CNCc1cc(F)cc(Br)c1. The Morgan fingerprint density at radius 2 is 2.06 bits per heavy atom. The molecule has 0 saturated heterocycles. The van der Waals surface area contributed by atoms with Gasteiger partial charge in [-0.05, 0) is 43.0 Å². The first kappa shape index (κ1) is 15.6. The fourth-order valence-corrected chi connectivity index (χ4v) is 2.65. The average molecular weight is 318 g/mol. The number of rotatable bonds is 6. The molecule has 0 fully saturated rings. The first-order valence-electron chi connectivity index (χ1n) is 6.16. The van der Waals surface area contributed by atoms with Crippen molar-refractivity contribution in [2.45, 2.75) is 39.3 Å². The highest BCUT2D eigenvalue weighted by Crippen LogP contribution is 2.17. The largest absolute Gasteiger partial charge is 0.389 e. The van der Waals surface area contributed by atoms with E-state index in [1.54, 1.807) is 0 Å². The summed E-state index contributed by atoms with van der Waals surface area (Å²) in [5.74, 6) is 0.195. The van der Waals surface area contributed by atoms with E-state index in [-0.39, 0.29) is 5.82 Å². The average Bonchev–Trinajstić information content (AvgIpc) is 2.12. The number of hydrogen-bond acceptors (Lipinski definition) is 2. The van der Waals surface area contributed by atoms with Crippen LogP contribution in [0.5, 0.6) is 0 Å². The Bertz CT molecular complexity index is 373. The summed E-state index contributed by atoms with van der Waals surface area (Å²) in [7, 11) is 0. The highest BCUT2D eigenvalue weighted by atomic mass is 79.9. The molecule has 1 rings (SSSR count). The van der Waals surface area contributed by atoms with Gasteiger partial charge in [-0.1, -0.05) is 29.8 Å². The molecule has 1 aromatic carbocycles. The standard InChI is InChI=1S/C14H21BrFNO/c1-10(2)7-14(3,18)9-17-8-11-4-12(15)6-13(16)5-11/h4-6,10,17-18H,7-9H2,1-3H3. The van der Waals surface area contributed by atoms with Crippen LogP contribution >= 0.6 is 15.9 Å². The highest BCUT2D eigenvalue weighted by molar-refractivity contribution is 9.10. The van der Waals surface area contributed by atoms with Crippen molar-refractivity contribution in [2.24, 2.45) is 5.92 Å². The molecular formula is C14H21BrFNO. The fourth-order valence-electron chi connectivity index (χ4n) is 2.14. The number of benzene rings is 1. The summed E-state index contributed by atoms with van der Waals surface area (Å²) in [4.78, 5) is 0. The zero-order valence-electron chi connectivity index (χ0n) is 11.1. The van der Waals surface area contributed by atoms with Crippen molar-refractivity contribution < 1.29 is 9.50 Å². The Balaban J connectivity index is 2.46. The fraction of sp³-hybridized carbons (Fsp3) is 0.571. The molecule has 1 unspecified atom stereocenters. The molecule has 0 saturated carbocycles. The lowest BCUT2D eigenvalue weighted by Crippen LogP contribution is -2.38. The van der Waals surface area contributed by atoms with Crippen LogP contribution in [0, 0.1) is 11.7 Å². The second-order valence-corrected chi connectivity index (χ2v) is 6.39. The quantitative estimate of drug-likeness (QED) is 0.842. The smallest absolute Gasteiger partial charge is 0.124 e. The predicted molar refractivity (Wildman–Crippen MR) is 75.9 cm³/mol. The molecule has 0 aliphatic rings. The van der Waals surface area contributed by atoms with Gasteiger partial charge in [0.1, 0.15) is 5.82 Å². The molecule has 0 aliphatic carbocycles. The van der Waals surface area contributed by atoms with E-state index in [0.29, 0.717) is 19.0 Å². The van der Waals surface area contributed by atoms with Gasteiger partial charge in [-0.15, -0.1) is 0 Å². The lowest BCUT2D eigenvalue weighted by Gasteiger charge is -2.25. The van der Waals surface area contributed by atoms with Crippen LogP contribution in [-0.4, -0.2) is 17.3 Å². The van der Waals surface area contributed by atoms with Crippen LogP contribution in [0.25, 0.3) is 0 Å². The zero-order chi connectivity index (χ0) is 13.8. The molecule has 1 atom stereocenters. The van der Waals surface area contributed by atoms with E-state index in [0.717, 1.165) is 16.5 Å². The molecule has 0 radical (unpaired) electrons. The first-order valence-corrected chi connectivity index (χ1v) is 6.96. The Hall–Kier alpha value is -0.450. The third-order valence-corrected chi connectivity index (χ3v) is 3.06. The Morgan fingerprint density at radius 1 is 1.39 bits per heavy atom. The molecule has 0 spiro atoms. The van der Waals surface area contributed by atoms with Crippen LogP contribution in [0.1, 0.15) is 32.8 Å². The van der Waals surface area contributed by atoms with E-state index in [9.17, 15) is 9.50 Å². The second-order valence-electron chi connectivity index (χ2n) is 5.48. The lowest BCUT2D eigenvalue weighted by molar-refractivity contribution is 0.0383. The summed E-state index contributed by atoms with van der Waals surface area (Å²) in [6.45, 7) is 7.03. The van der Waals surface area contributed by atoms with Crippen molar-refractivity contribution in [3.8, 4) is 0 Å². The first-order chi connectivity index (χ1) is 8.28. The van der Waals surface area contributed by atoms with Gasteiger partial charge in [0, 0.05) is 17.6 Å². The molecule has 2 N–H and O–H groups in total. The zero-order valence-corrected chi connectivity index (χ0v) is 12.7. The van der Waals surface area contributed by atoms with Gasteiger partial charge in [0.2, 0.25) is 0 Å². The van der Waals surface area contributed by atoms with Crippen LogP contribution < -0.4 is 5.32 Å². The van der Waals surface area contributed by atoms with Gasteiger partial charge in [0.25, 0.3) is 0 Å². The molecule has 0 aromatic heterocycles. The van der Waals surface area contributed by atoms with Gasteiger partial charge in [-0.3, -0.25) is 0 Å². The molecule has 0 amide bonds. The van der Waals surface area contributed by atoms with Crippen molar-refractivity contribution in [1.82, 2.24) is 5.32 Å². The minimum Gasteiger partial charge on any atom is -0.389 e. The van der Waals surface area contributed by atoms with Crippen molar-refractivity contribution in [1.29, 1.82) is 0 Å². The van der Waals surface area contributed by atoms with Crippen molar-refractivity contribution >= 4 is 15.9 Å². The summed E-state index contributed by atoms with van der Waals surface area (Å²) >= 11 is 3.26. The van der Waals surface area contributed by atoms with Gasteiger partial charge in [-0.25, -0.2) is 4.39 Å². The summed E-state index contributed by atoms with van der Waals surface area (Å²) in [5, 5.41) is 13.3. The van der Waals surface area contributed by atoms with Gasteiger partial charge >= 0.3 is 0 Å². The number of nitrogens with one attached hydrogen (secondary N) is 1. The Labute approximate surface area is 117 Å². The molecular weight excluding hydrogens is 297 g/mol. The highest BCUT2D eigenvalue weighted by Gasteiger charge is 2.21. The van der Waals surface area contributed by atoms with Crippen LogP contribution in [0.4, 0.5) is 4.39 Å². The van der Waals surface area contributed by atoms with E-state index >= 15 is 0 Å². The van der Waals surface area contributed by atoms with Gasteiger partial charge < -0.3 is 10.4 Å². The van der Waals surface area contributed by atoms with Crippen LogP contribution in [0.2, 0.25) is 0 Å². The maximum atomic E-state index is 13.2. The minimum absolute atomic E-state index is 0.255. The van der Waals surface area contributed by atoms with Crippen LogP contribution in [0.3, 0.4) is 0 Å². The van der Waals surface area contributed by atoms with Crippen molar-refractivity contribution in [2.75, 3.05) is 6.54 Å². The second kappa shape index (κ2) is 6.64. The molecule has 4 heteroatoms. The van der Waals surface area contributed by atoms with Crippen LogP contribution in [-0.2, 0) is 6.54 Å². The monoisotopic (exact) mass is 317 g/mol. The third kappa shape index (κ3) is 5.94. The Morgan fingerprint density at radius 3 is 2.61 bits per heavy atom. The third-order valence-electron chi connectivity index (χ3n) is 2.61. The lowest BCUT2D eigenvalue weighted by atomic mass is 9.94. The number of hydrogen-bond donors (Lipinski definition) is 2. The molecule has 2 nitrogen and oxygen atoms in total. The normalized spacial score (nSPS) is 14.8. The van der Waals surface area contributed by atoms with Gasteiger partial charge in [-0.2, -0.15) is 0 Å². The number of aliphatic hydroxyl groups is 1. The topological polar surface area (TPSA) is 32.3 Å². The van der Waals surface area contributed by atoms with E-state index in [1.165, 1.54) is 12.1 Å². The van der Waals surface area contributed by atoms with Gasteiger partial charge in [0.05, 0.1) is 5.60 Å². The predicted octanol–water partition coefficient (Wildman–Crippen LogP) is 3.47. The van der Waals surface area contributed by atoms with E-state index < -0.39 is 5.60 Å². The number of halogens is 2. The summed E-state index contributed by atoms with van der Waals surface area (Å²) in [6, 6.07) is 4.79. The molecule has 1 aromatic rings. The van der Waals surface area contributed by atoms with E-state index in [4.69, 9.17) is 0 Å². The molecule has 0 bridgehead atoms. The maximum Gasteiger partial charge on any atom is 0.124 e. The molecule has 0 aliphatic heterocycles. The van der Waals surface area contributed by atoms with Crippen molar-refractivity contribution in [3.63, 3.8) is 0 Å². The van der Waals surface area contributed by atoms with E-state index in [1.807, 2.05) is 13.0 Å². The maximum absolute atomic E-state index is 13.2. The molecule has 102 valence electrons. The van der Waals surface area contributed by atoms with E-state index in [2.05, 4.69) is 35.1 Å². The summed E-state index contributed by atoms with van der Waals surface area (Å²) < 4.78 is 13.9. The summed E-state index contributed by atoms with van der Waals surface area (Å²) in [6.07, 6.45) is 0.743. The summed E-state index contributed by atoms with van der Waals surface area (Å²) in [5.41, 5.74) is 0.140. The van der Waals surface area contributed by atoms with Crippen molar-refractivity contribution in [3.05, 3.63) is 34.1 Å².